The average Bonchev–Trinajstić information content (AvgIpc) is 2.37. The summed E-state index contributed by atoms with van der Waals surface area (Å²) in [6.45, 7) is 5.36. The van der Waals surface area contributed by atoms with Crippen molar-refractivity contribution in [1.29, 1.82) is 0 Å². The molecule has 0 aliphatic carbocycles. The predicted octanol–water partition coefficient (Wildman–Crippen LogP) is 2.82. The Morgan fingerprint density at radius 2 is 2.22 bits per heavy atom. The molecule has 0 saturated carbocycles. The highest BCUT2D eigenvalue weighted by Crippen LogP contribution is 2.18. The molecule has 2 atom stereocenters. The summed E-state index contributed by atoms with van der Waals surface area (Å²) in [5.74, 6) is 0.580. The number of likely N-dealkylation sites (tertiary alicyclic amines) is 1. The molecule has 0 spiro atoms. The fourth-order valence-corrected chi connectivity index (χ4v) is 2.72. The molecule has 100 valence electrons. The molecule has 2 nitrogen and oxygen atoms in total. The Kier molecular flexibility index (Phi) is 4.72. The van der Waals surface area contributed by atoms with Crippen molar-refractivity contribution in [2.24, 2.45) is 5.92 Å². The molecule has 2 unspecified atom stereocenters. The molecule has 0 radical (unpaired) electrons. The molecule has 1 aliphatic rings. The zero-order valence-electron chi connectivity index (χ0n) is 11.3. The van der Waals surface area contributed by atoms with Crippen LogP contribution in [0.3, 0.4) is 0 Å². The van der Waals surface area contributed by atoms with Crippen LogP contribution in [0.2, 0.25) is 0 Å². The number of piperidine rings is 1. The second kappa shape index (κ2) is 6.30. The Morgan fingerprint density at radius 3 is 2.94 bits per heavy atom. The minimum atomic E-state index is -0.113. The Morgan fingerprint density at radius 1 is 1.44 bits per heavy atom. The molecular formula is C15H23FN2. The van der Waals surface area contributed by atoms with Crippen molar-refractivity contribution in [2.45, 2.75) is 25.8 Å². The van der Waals surface area contributed by atoms with Gasteiger partial charge in [-0.3, -0.25) is 0 Å². The first-order chi connectivity index (χ1) is 8.66. The lowest BCUT2D eigenvalue weighted by Crippen LogP contribution is -2.38. The van der Waals surface area contributed by atoms with Gasteiger partial charge in [0.1, 0.15) is 5.82 Å². The summed E-state index contributed by atoms with van der Waals surface area (Å²) in [6.07, 6.45) is 2.55. The summed E-state index contributed by atoms with van der Waals surface area (Å²) >= 11 is 0. The Balaban J connectivity index is 1.84. The number of hydrogen-bond acceptors (Lipinski definition) is 2. The van der Waals surface area contributed by atoms with E-state index < -0.39 is 0 Å². The molecule has 0 aromatic heterocycles. The SMILES string of the molecule is CC(NCC1CCCN(C)C1)c1ccccc1F. The number of benzene rings is 1. The fraction of sp³-hybridized carbons (Fsp3) is 0.600. The number of nitrogens with zero attached hydrogens (tertiary/aromatic N) is 1. The molecule has 1 heterocycles. The normalized spacial score (nSPS) is 22.9. The van der Waals surface area contributed by atoms with Crippen molar-refractivity contribution in [2.75, 3.05) is 26.7 Å². The summed E-state index contributed by atoms with van der Waals surface area (Å²) in [7, 11) is 2.17. The van der Waals surface area contributed by atoms with Gasteiger partial charge in [-0.25, -0.2) is 4.39 Å². The van der Waals surface area contributed by atoms with Crippen LogP contribution in [0, 0.1) is 11.7 Å². The van der Waals surface area contributed by atoms with Gasteiger partial charge < -0.3 is 10.2 Å². The molecule has 1 fully saturated rings. The summed E-state index contributed by atoms with van der Waals surface area (Å²) in [6, 6.07) is 7.10. The van der Waals surface area contributed by atoms with Crippen molar-refractivity contribution in [1.82, 2.24) is 10.2 Å². The third-order valence-corrected chi connectivity index (χ3v) is 3.81. The topological polar surface area (TPSA) is 15.3 Å². The van der Waals surface area contributed by atoms with E-state index in [1.54, 1.807) is 6.07 Å². The smallest absolute Gasteiger partial charge is 0.127 e. The molecule has 2 rings (SSSR count). The van der Waals surface area contributed by atoms with E-state index in [4.69, 9.17) is 0 Å². The van der Waals surface area contributed by atoms with Gasteiger partial charge in [0.05, 0.1) is 0 Å². The highest BCUT2D eigenvalue weighted by molar-refractivity contribution is 5.20. The zero-order chi connectivity index (χ0) is 13.0. The van der Waals surface area contributed by atoms with Crippen LogP contribution in [0.4, 0.5) is 4.39 Å². The Labute approximate surface area is 109 Å². The van der Waals surface area contributed by atoms with E-state index in [9.17, 15) is 4.39 Å². The lowest BCUT2D eigenvalue weighted by Gasteiger charge is -2.30. The van der Waals surface area contributed by atoms with Gasteiger partial charge in [0.25, 0.3) is 0 Å². The summed E-state index contributed by atoms with van der Waals surface area (Å²) in [5, 5.41) is 3.46. The predicted molar refractivity (Wildman–Crippen MR) is 73.0 cm³/mol. The summed E-state index contributed by atoms with van der Waals surface area (Å²) < 4.78 is 13.6. The zero-order valence-corrected chi connectivity index (χ0v) is 11.3. The van der Waals surface area contributed by atoms with Gasteiger partial charge in [-0.1, -0.05) is 18.2 Å². The van der Waals surface area contributed by atoms with E-state index in [0.717, 1.165) is 18.7 Å². The van der Waals surface area contributed by atoms with Gasteiger partial charge in [-0.15, -0.1) is 0 Å². The van der Waals surface area contributed by atoms with Gasteiger partial charge in [0.2, 0.25) is 0 Å². The minimum Gasteiger partial charge on any atom is -0.310 e. The largest absolute Gasteiger partial charge is 0.310 e. The van der Waals surface area contributed by atoms with Crippen LogP contribution < -0.4 is 5.32 Å². The van der Waals surface area contributed by atoms with E-state index >= 15 is 0 Å². The van der Waals surface area contributed by atoms with Crippen molar-refractivity contribution < 1.29 is 4.39 Å². The van der Waals surface area contributed by atoms with Gasteiger partial charge in [0, 0.05) is 18.2 Å². The third kappa shape index (κ3) is 3.53. The van der Waals surface area contributed by atoms with Crippen LogP contribution >= 0.6 is 0 Å². The third-order valence-electron chi connectivity index (χ3n) is 3.81. The minimum absolute atomic E-state index is 0.0819. The second-order valence-corrected chi connectivity index (χ2v) is 5.42. The van der Waals surface area contributed by atoms with Crippen molar-refractivity contribution >= 4 is 0 Å². The van der Waals surface area contributed by atoms with E-state index in [2.05, 4.69) is 17.3 Å². The first kappa shape index (κ1) is 13.5. The summed E-state index contributed by atoms with van der Waals surface area (Å²) in [5.41, 5.74) is 0.765. The van der Waals surface area contributed by atoms with Crippen molar-refractivity contribution in [3.8, 4) is 0 Å². The Hall–Kier alpha value is -0.930. The number of halogens is 1. The van der Waals surface area contributed by atoms with Crippen LogP contribution in [-0.4, -0.2) is 31.6 Å². The van der Waals surface area contributed by atoms with Gasteiger partial charge in [-0.05, 0) is 51.9 Å². The maximum absolute atomic E-state index is 13.6. The maximum Gasteiger partial charge on any atom is 0.127 e. The van der Waals surface area contributed by atoms with Crippen LogP contribution in [0.25, 0.3) is 0 Å². The van der Waals surface area contributed by atoms with E-state index in [0.29, 0.717) is 5.92 Å². The number of rotatable bonds is 4. The molecule has 1 aromatic rings. The van der Waals surface area contributed by atoms with Crippen LogP contribution in [0.15, 0.2) is 24.3 Å². The second-order valence-electron chi connectivity index (χ2n) is 5.42. The Bertz CT molecular complexity index is 381. The van der Waals surface area contributed by atoms with Crippen molar-refractivity contribution in [3.05, 3.63) is 35.6 Å². The quantitative estimate of drug-likeness (QED) is 0.884. The molecule has 1 N–H and O–H groups in total. The first-order valence-electron chi connectivity index (χ1n) is 6.83. The molecule has 18 heavy (non-hydrogen) atoms. The molecule has 0 bridgehead atoms. The van der Waals surface area contributed by atoms with Gasteiger partial charge in [0.15, 0.2) is 0 Å². The van der Waals surface area contributed by atoms with Crippen LogP contribution in [-0.2, 0) is 0 Å². The monoisotopic (exact) mass is 250 g/mol. The number of nitrogens with one attached hydrogen (secondary N) is 1. The fourth-order valence-electron chi connectivity index (χ4n) is 2.72. The molecule has 1 saturated heterocycles. The maximum atomic E-state index is 13.6. The first-order valence-corrected chi connectivity index (χ1v) is 6.83. The average molecular weight is 250 g/mol. The van der Waals surface area contributed by atoms with E-state index in [1.165, 1.54) is 25.5 Å². The number of hydrogen-bond donors (Lipinski definition) is 1. The van der Waals surface area contributed by atoms with Gasteiger partial charge in [-0.2, -0.15) is 0 Å². The molecular weight excluding hydrogens is 227 g/mol. The van der Waals surface area contributed by atoms with E-state index in [-0.39, 0.29) is 11.9 Å². The van der Waals surface area contributed by atoms with Crippen molar-refractivity contribution in [3.63, 3.8) is 0 Å². The standard InChI is InChI=1S/C15H23FN2/c1-12(14-7-3-4-8-15(14)16)17-10-13-6-5-9-18(2)11-13/h3-4,7-8,12-13,17H,5-6,9-11H2,1-2H3. The summed E-state index contributed by atoms with van der Waals surface area (Å²) in [4.78, 5) is 2.38. The lowest BCUT2D eigenvalue weighted by molar-refractivity contribution is 0.203. The molecule has 1 aromatic carbocycles. The highest BCUT2D eigenvalue weighted by Gasteiger charge is 2.18. The van der Waals surface area contributed by atoms with Gasteiger partial charge >= 0.3 is 0 Å². The van der Waals surface area contributed by atoms with Crippen LogP contribution in [0.1, 0.15) is 31.4 Å². The van der Waals surface area contributed by atoms with E-state index in [1.807, 2.05) is 19.1 Å². The molecule has 3 heteroatoms. The highest BCUT2D eigenvalue weighted by atomic mass is 19.1. The lowest BCUT2D eigenvalue weighted by atomic mass is 9.97. The van der Waals surface area contributed by atoms with Crippen LogP contribution in [0.5, 0.6) is 0 Å². The molecule has 1 aliphatic heterocycles. The molecule has 0 amide bonds.